The van der Waals surface area contributed by atoms with Crippen LogP contribution in [0.4, 0.5) is 5.69 Å². The molecule has 5 nitrogen and oxygen atoms in total. The highest BCUT2D eigenvalue weighted by Crippen LogP contribution is 2.17. The van der Waals surface area contributed by atoms with Gasteiger partial charge in [-0.05, 0) is 18.2 Å². The number of aromatic nitrogens is 2. The van der Waals surface area contributed by atoms with Crippen LogP contribution in [0.5, 0.6) is 0 Å². The van der Waals surface area contributed by atoms with Gasteiger partial charge in [-0.2, -0.15) is 0 Å². The number of aryl methyl sites for hydroxylation is 2. The summed E-state index contributed by atoms with van der Waals surface area (Å²) in [7, 11) is 5.23. The summed E-state index contributed by atoms with van der Waals surface area (Å²) in [4.78, 5) is 11.7. The lowest BCUT2D eigenvalue weighted by Gasteiger charge is -2.06. The molecule has 1 aromatic heterocycles. The van der Waals surface area contributed by atoms with Gasteiger partial charge in [0, 0.05) is 33.4 Å². The van der Waals surface area contributed by atoms with E-state index in [1.54, 1.807) is 30.3 Å². The first-order chi connectivity index (χ1) is 8.15. The third kappa shape index (κ3) is 2.06. The number of rotatable bonds is 4. The van der Waals surface area contributed by atoms with Crippen molar-refractivity contribution in [2.45, 2.75) is 0 Å². The lowest BCUT2D eigenvalue weighted by molar-refractivity contribution is 0.211. The first-order valence-corrected chi connectivity index (χ1v) is 5.53. The molecule has 0 saturated carbocycles. The van der Waals surface area contributed by atoms with Crippen LogP contribution in [0.25, 0.3) is 11.0 Å². The number of ether oxygens (including phenoxy) is 1. The Morgan fingerprint density at radius 3 is 2.65 bits per heavy atom. The number of nitrogens with one attached hydrogen (secondary N) is 1. The molecule has 0 atom stereocenters. The van der Waals surface area contributed by atoms with Crippen molar-refractivity contribution in [3.63, 3.8) is 0 Å². The van der Waals surface area contributed by atoms with Crippen LogP contribution < -0.4 is 11.0 Å². The van der Waals surface area contributed by atoms with Crippen LogP contribution in [-0.4, -0.2) is 29.4 Å². The molecule has 17 heavy (non-hydrogen) atoms. The van der Waals surface area contributed by atoms with Gasteiger partial charge in [0.05, 0.1) is 17.6 Å². The normalized spacial score (nSPS) is 11.0. The van der Waals surface area contributed by atoms with Gasteiger partial charge in [-0.1, -0.05) is 0 Å². The Balaban J connectivity index is 2.37. The van der Waals surface area contributed by atoms with Crippen molar-refractivity contribution in [2.24, 2.45) is 14.1 Å². The molecule has 0 aliphatic carbocycles. The predicted octanol–water partition coefficient (Wildman–Crippen LogP) is 0.935. The second kappa shape index (κ2) is 4.63. The summed E-state index contributed by atoms with van der Waals surface area (Å²) in [5.74, 6) is 0. The minimum atomic E-state index is -0.00552. The van der Waals surface area contributed by atoms with Crippen molar-refractivity contribution in [3.05, 3.63) is 28.7 Å². The molecule has 1 N–H and O–H groups in total. The maximum absolute atomic E-state index is 11.7. The van der Waals surface area contributed by atoms with Crippen LogP contribution in [0.15, 0.2) is 23.0 Å². The van der Waals surface area contributed by atoms with E-state index in [-0.39, 0.29) is 5.69 Å². The lowest BCUT2D eigenvalue weighted by atomic mass is 10.2. The molecule has 0 aliphatic rings. The van der Waals surface area contributed by atoms with Crippen molar-refractivity contribution < 1.29 is 4.74 Å². The van der Waals surface area contributed by atoms with E-state index in [0.29, 0.717) is 6.61 Å². The number of fused-ring (bicyclic) bond motifs is 1. The summed E-state index contributed by atoms with van der Waals surface area (Å²) in [6.07, 6.45) is 0. The van der Waals surface area contributed by atoms with Crippen molar-refractivity contribution in [3.8, 4) is 0 Å². The number of hydrogen-bond donors (Lipinski definition) is 1. The zero-order valence-electron chi connectivity index (χ0n) is 10.4. The van der Waals surface area contributed by atoms with Gasteiger partial charge >= 0.3 is 5.69 Å². The number of anilines is 1. The van der Waals surface area contributed by atoms with E-state index >= 15 is 0 Å². The standard InChI is InChI=1S/C12H17N3O2/c1-14-10-5-4-9(13-6-7-17-3)8-11(10)15(2)12(14)16/h4-5,8,13H,6-7H2,1-3H3. The Hall–Kier alpha value is -1.75. The summed E-state index contributed by atoms with van der Waals surface area (Å²) in [6.45, 7) is 1.41. The first-order valence-electron chi connectivity index (χ1n) is 5.53. The van der Waals surface area contributed by atoms with E-state index in [2.05, 4.69) is 5.32 Å². The maximum Gasteiger partial charge on any atom is 0.328 e. The molecule has 0 radical (unpaired) electrons. The largest absolute Gasteiger partial charge is 0.383 e. The molecule has 92 valence electrons. The summed E-state index contributed by atoms with van der Waals surface area (Å²) in [5.41, 5.74) is 2.86. The average Bonchev–Trinajstić information content (AvgIpc) is 2.55. The van der Waals surface area contributed by atoms with Gasteiger partial charge in [0.15, 0.2) is 0 Å². The molecule has 0 amide bonds. The first kappa shape index (κ1) is 11.7. The number of methoxy groups -OCH3 is 1. The third-order valence-corrected chi connectivity index (χ3v) is 2.91. The molecule has 0 fully saturated rings. The summed E-state index contributed by atoms with van der Waals surface area (Å²) in [5, 5.41) is 3.24. The SMILES string of the molecule is COCCNc1ccc2c(c1)n(C)c(=O)n2C. The van der Waals surface area contributed by atoms with Crippen molar-refractivity contribution in [1.82, 2.24) is 9.13 Å². The smallest absolute Gasteiger partial charge is 0.328 e. The highest BCUT2D eigenvalue weighted by Gasteiger charge is 2.07. The zero-order chi connectivity index (χ0) is 12.4. The van der Waals surface area contributed by atoms with E-state index in [9.17, 15) is 4.79 Å². The molecule has 5 heteroatoms. The quantitative estimate of drug-likeness (QED) is 0.802. The number of imidazole rings is 1. The topological polar surface area (TPSA) is 48.2 Å². The Morgan fingerprint density at radius 2 is 1.94 bits per heavy atom. The molecule has 0 saturated heterocycles. The molecule has 0 bridgehead atoms. The Morgan fingerprint density at radius 1 is 1.24 bits per heavy atom. The fraction of sp³-hybridized carbons (Fsp3) is 0.417. The summed E-state index contributed by atoms with van der Waals surface area (Å²) < 4.78 is 8.27. The van der Waals surface area contributed by atoms with Gasteiger partial charge < -0.3 is 10.1 Å². The molecular formula is C12H17N3O2. The van der Waals surface area contributed by atoms with E-state index in [1.165, 1.54) is 0 Å². The Labute approximate surface area is 99.6 Å². The number of benzene rings is 1. The Kier molecular flexibility index (Phi) is 3.19. The van der Waals surface area contributed by atoms with Gasteiger partial charge in [0.25, 0.3) is 0 Å². The fourth-order valence-electron chi connectivity index (χ4n) is 1.91. The molecule has 1 aromatic carbocycles. The predicted molar refractivity (Wildman–Crippen MR) is 68.5 cm³/mol. The second-order valence-corrected chi connectivity index (χ2v) is 4.02. The van der Waals surface area contributed by atoms with E-state index in [1.807, 2.05) is 18.2 Å². The van der Waals surface area contributed by atoms with E-state index < -0.39 is 0 Å². The van der Waals surface area contributed by atoms with Gasteiger partial charge in [0.1, 0.15) is 0 Å². The van der Waals surface area contributed by atoms with Crippen LogP contribution in [0.3, 0.4) is 0 Å². The van der Waals surface area contributed by atoms with Crippen molar-refractivity contribution in [1.29, 1.82) is 0 Å². The average molecular weight is 235 g/mol. The third-order valence-electron chi connectivity index (χ3n) is 2.91. The van der Waals surface area contributed by atoms with Crippen LogP contribution in [0.2, 0.25) is 0 Å². The van der Waals surface area contributed by atoms with Crippen molar-refractivity contribution in [2.75, 3.05) is 25.6 Å². The van der Waals surface area contributed by atoms with Crippen molar-refractivity contribution >= 4 is 16.7 Å². The number of hydrogen-bond acceptors (Lipinski definition) is 3. The highest BCUT2D eigenvalue weighted by atomic mass is 16.5. The molecule has 0 unspecified atom stereocenters. The molecule has 0 aliphatic heterocycles. The van der Waals surface area contributed by atoms with E-state index in [0.717, 1.165) is 23.3 Å². The van der Waals surface area contributed by atoms with Crippen LogP contribution in [0, 0.1) is 0 Å². The monoisotopic (exact) mass is 235 g/mol. The van der Waals surface area contributed by atoms with Crippen LogP contribution in [-0.2, 0) is 18.8 Å². The van der Waals surface area contributed by atoms with Gasteiger partial charge in [-0.25, -0.2) is 4.79 Å². The maximum atomic E-state index is 11.7. The molecule has 2 rings (SSSR count). The fourth-order valence-corrected chi connectivity index (χ4v) is 1.91. The van der Waals surface area contributed by atoms with E-state index in [4.69, 9.17) is 4.74 Å². The Bertz CT molecular complexity index is 583. The zero-order valence-corrected chi connectivity index (χ0v) is 10.4. The summed E-state index contributed by atoms with van der Waals surface area (Å²) in [6, 6.07) is 5.90. The molecule has 1 heterocycles. The minimum Gasteiger partial charge on any atom is -0.383 e. The summed E-state index contributed by atoms with van der Waals surface area (Å²) >= 11 is 0. The highest BCUT2D eigenvalue weighted by molar-refractivity contribution is 5.80. The van der Waals surface area contributed by atoms with Gasteiger partial charge in [0.2, 0.25) is 0 Å². The molecular weight excluding hydrogens is 218 g/mol. The van der Waals surface area contributed by atoms with Crippen LogP contribution in [0.1, 0.15) is 0 Å². The lowest BCUT2D eigenvalue weighted by Crippen LogP contribution is -2.19. The van der Waals surface area contributed by atoms with Gasteiger partial charge in [-0.15, -0.1) is 0 Å². The van der Waals surface area contributed by atoms with Crippen LogP contribution >= 0.6 is 0 Å². The van der Waals surface area contributed by atoms with Gasteiger partial charge in [-0.3, -0.25) is 9.13 Å². The minimum absolute atomic E-state index is 0.00552. The second-order valence-electron chi connectivity index (χ2n) is 4.02. The molecule has 2 aromatic rings. The molecule has 0 spiro atoms. The number of nitrogens with zero attached hydrogens (tertiary/aromatic N) is 2.